The molecule has 5 nitrogen and oxygen atoms in total. The second-order valence-corrected chi connectivity index (χ2v) is 5.17. The summed E-state index contributed by atoms with van der Waals surface area (Å²) in [6.07, 6.45) is 1.61. The van der Waals surface area contributed by atoms with Gasteiger partial charge in [-0.1, -0.05) is 30.0 Å². The molecule has 0 atom stereocenters. The van der Waals surface area contributed by atoms with E-state index in [-0.39, 0.29) is 17.5 Å². The van der Waals surface area contributed by atoms with E-state index in [0.717, 1.165) is 0 Å². The minimum absolute atomic E-state index is 0.115. The Morgan fingerprint density at radius 2 is 2.24 bits per heavy atom. The van der Waals surface area contributed by atoms with Crippen LogP contribution in [0.2, 0.25) is 0 Å². The second-order valence-electron chi connectivity index (χ2n) is 4.23. The third-order valence-electron chi connectivity index (χ3n) is 2.73. The van der Waals surface area contributed by atoms with Gasteiger partial charge in [-0.15, -0.1) is 16.8 Å². The summed E-state index contributed by atoms with van der Waals surface area (Å²) in [4.78, 5) is 11.5. The predicted molar refractivity (Wildman–Crippen MR) is 80.3 cm³/mol. The van der Waals surface area contributed by atoms with E-state index < -0.39 is 0 Å². The molecule has 1 heterocycles. The Kier molecular flexibility index (Phi) is 5.10. The zero-order valence-electron chi connectivity index (χ0n) is 11.5. The van der Waals surface area contributed by atoms with E-state index in [1.807, 2.05) is 0 Å². The van der Waals surface area contributed by atoms with E-state index in [2.05, 4.69) is 22.1 Å². The zero-order chi connectivity index (χ0) is 15.2. The second kappa shape index (κ2) is 7.03. The highest BCUT2D eigenvalue weighted by molar-refractivity contribution is 7.99. The molecule has 0 aliphatic carbocycles. The monoisotopic (exact) mass is 306 g/mol. The van der Waals surface area contributed by atoms with Gasteiger partial charge in [-0.3, -0.25) is 4.79 Å². The van der Waals surface area contributed by atoms with Crippen LogP contribution in [0.3, 0.4) is 0 Å². The molecule has 0 fully saturated rings. The van der Waals surface area contributed by atoms with E-state index in [0.29, 0.717) is 23.1 Å². The van der Waals surface area contributed by atoms with Crippen LogP contribution in [0.1, 0.15) is 0 Å². The summed E-state index contributed by atoms with van der Waals surface area (Å²) in [7, 11) is 1.74. The minimum atomic E-state index is -0.353. The van der Waals surface area contributed by atoms with E-state index in [1.165, 1.54) is 17.8 Å². The van der Waals surface area contributed by atoms with E-state index in [1.54, 1.807) is 35.9 Å². The number of halogens is 1. The van der Waals surface area contributed by atoms with Crippen molar-refractivity contribution in [1.29, 1.82) is 0 Å². The average Bonchev–Trinajstić information content (AvgIpc) is 2.84. The summed E-state index contributed by atoms with van der Waals surface area (Å²) >= 11 is 1.25. The number of aromatic nitrogens is 3. The van der Waals surface area contributed by atoms with Gasteiger partial charge in [-0.25, -0.2) is 4.39 Å². The molecule has 1 N–H and O–H groups in total. The maximum atomic E-state index is 13.8. The fraction of sp³-hybridized carbons (Fsp3) is 0.214. The highest BCUT2D eigenvalue weighted by atomic mass is 32.2. The van der Waals surface area contributed by atoms with Gasteiger partial charge in [-0.05, 0) is 12.1 Å². The van der Waals surface area contributed by atoms with Crippen LogP contribution in [0.5, 0.6) is 0 Å². The van der Waals surface area contributed by atoms with Crippen molar-refractivity contribution in [2.75, 3.05) is 12.3 Å². The molecule has 2 aromatic rings. The Hall–Kier alpha value is -2.15. The van der Waals surface area contributed by atoms with Crippen molar-refractivity contribution in [2.45, 2.75) is 5.16 Å². The molecule has 0 aliphatic rings. The highest BCUT2D eigenvalue weighted by Gasteiger charge is 2.15. The summed E-state index contributed by atoms with van der Waals surface area (Å²) in [5.41, 5.74) is 0.385. The fourth-order valence-corrected chi connectivity index (χ4v) is 2.43. The number of thioether (sulfide) groups is 1. The van der Waals surface area contributed by atoms with Crippen LogP contribution in [0.4, 0.5) is 4.39 Å². The summed E-state index contributed by atoms with van der Waals surface area (Å²) in [5, 5.41) is 11.2. The van der Waals surface area contributed by atoms with E-state index >= 15 is 0 Å². The van der Waals surface area contributed by atoms with Crippen LogP contribution in [0, 0.1) is 5.82 Å². The van der Waals surface area contributed by atoms with Gasteiger partial charge in [0, 0.05) is 13.6 Å². The Labute approximate surface area is 126 Å². The van der Waals surface area contributed by atoms with Crippen molar-refractivity contribution in [3.8, 4) is 11.4 Å². The van der Waals surface area contributed by atoms with Crippen LogP contribution in [-0.2, 0) is 11.8 Å². The molecule has 110 valence electrons. The summed E-state index contributed by atoms with van der Waals surface area (Å²) in [6.45, 7) is 3.96. The topological polar surface area (TPSA) is 59.8 Å². The van der Waals surface area contributed by atoms with Gasteiger partial charge in [0.05, 0.1) is 11.3 Å². The number of nitrogens with zero attached hydrogens (tertiary/aromatic N) is 3. The quantitative estimate of drug-likeness (QED) is 0.655. The third-order valence-corrected chi connectivity index (χ3v) is 3.75. The molecule has 0 radical (unpaired) electrons. The molecule has 0 saturated heterocycles. The van der Waals surface area contributed by atoms with Crippen LogP contribution in [0.25, 0.3) is 11.4 Å². The minimum Gasteiger partial charge on any atom is -0.352 e. The smallest absolute Gasteiger partial charge is 0.230 e. The van der Waals surface area contributed by atoms with Gasteiger partial charge < -0.3 is 9.88 Å². The lowest BCUT2D eigenvalue weighted by Crippen LogP contribution is -2.25. The first-order chi connectivity index (χ1) is 10.1. The zero-order valence-corrected chi connectivity index (χ0v) is 12.4. The first-order valence-corrected chi connectivity index (χ1v) is 7.26. The third kappa shape index (κ3) is 3.69. The maximum Gasteiger partial charge on any atom is 0.230 e. The molecule has 2 rings (SSSR count). The molecular formula is C14H15FN4OS. The Morgan fingerprint density at radius 3 is 2.95 bits per heavy atom. The Balaban J connectivity index is 2.09. The van der Waals surface area contributed by atoms with Crippen molar-refractivity contribution < 1.29 is 9.18 Å². The molecule has 1 aromatic heterocycles. The number of benzene rings is 1. The van der Waals surface area contributed by atoms with Crippen molar-refractivity contribution in [2.24, 2.45) is 7.05 Å². The van der Waals surface area contributed by atoms with Gasteiger partial charge in [-0.2, -0.15) is 0 Å². The van der Waals surface area contributed by atoms with Gasteiger partial charge in [0.2, 0.25) is 5.91 Å². The molecule has 21 heavy (non-hydrogen) atoms. The predicted octanol–water partition coefficient (Wildman–Crippen LogP) is 2.02. The average molecular weight is 306 g/mol. The molecule has 1 aromatic carbocycles. The van der Waals surface area contributed by atoms with Gasteiger partial charge in [0.25, 0.3) is 0 Å². The number of amides is 1. The molecule has 0 spiro atoms. The highest BCUT2D eigenvalue weighted by Crippen LogP contribution is 2.24. The van der Waals surface area contributed by atoms with Crippen molar-refractivity contribution in [3.05, 3.63) is 42.7 Å². The molecule has 0 bridgehead atoms. The number of carbonyl (C=O) groups is 1. The molecule has 1 amide bonds. The van der Waals surface area contributed by atoms with Crippen LogP contribution in [0.15, 0.2) is 42.1 Å². The van der Waals surface area contributed by atoms with Crippen molar-refractivity contribution >= 4 is 17.7 Å². The summed E-state index contributed by atoms with van der Waals surface area (Å²) < 4.78 is 15.4. The molecule has 7 heteroatoms. The molecule has 0 saturated carbocycles. The van der Waals surface area contributed by atoms with Crippen molar-refractivity contribution in [1.82, 2.24) is 20.1 Å². The summed E-state index contributed by atoms with van der Waals surface area (Å²) in [5.74, 6) is 0.183. The van der Waals surface area contributed by atoms with E-state index in [9.17, 15) is 9.18 Å². The number of hydrogen-bond acceptors (Lipinski definition) is 4. The van der Waals surface area contributed by atoms with Gasteiger partial charge in [0.15, 0.2) is 11.0 Å². The first-order valence-electron chi connectivity index (χ1n) is 6.28. The lowest BCUT2D eigenvalue weighted by molar-refractivity contribution is -0.118. The normalized spacial score (nSPS) is 10.4. The van der Waals surface area contributed by atoms with E-state index in [4.69, 9.17) is 0 Å². The SMILES string of the molecule is C=CCNC(=O)CSc1nnc(-c2ccccc2F)n1C. The Bertz CT molecular complexity index is 656. The maximum absolute atomic E-state index is 13.8. The standard InChI is InChI=1S/C14H15FN4OS/c1-3-8-16-12(20)9-21-14-18-17-13(19(14)2)10-6-4-5-7-11(10)15/h3-7H,1,8-9H2,2H3,(H,16,20). The van der Waals surface area contributed by atoms with Crippen LogP contribution < -0.4 is 5.32 Å². The molecule has 0 aliphatic heterocycles. The number of nitrogens with one attached hydrogen (secondary N) is 1. The van der Waals surface area contributed by atoms with Crippen LogP contribution >= 0.6 is 11.8 Å². The Morgan fingerprint density at radius 1 is 1.48 bits per heavy atom. The number of carbonyl (C=O) groups excluding carboxylic acids is 1. The molecular weight excluding hydrogens is 291 g/mol. The lowest BCUT2D eigenvalue weighted by atomic mass is 10.2. The fourth-order valence-electron chi connectivity index (χ4n) is 1.68. The first kappa shape index (κ1) is 15.2. The number of hydrogen-bond donors (Lipinski definition) is 1. The van der Waals surface area contributed by atoms with Gasteiger partial charge in [0.1, 0.15) is 5.82 Å². The van der Waals surface area contributed by atoms with Gasteiger partial charge >= 0.3 is 0 Å². The molecule has 0 unspecified atom stereocenters. The largest absolute Gasteiger partial charge is 0.352 e. The number of rotatable bonds is 6. The van der Waals surface area contributed by atoms with Crippen molar-refractivity contribution in [3.63, 3.8) is 0 Å². The lowest BCUT2D eigenvalue weighted by Gasteiger charge is -2.05. The summed E-state index contributed by atoms with van der Waals surface area (Å²) in [6, 6.07) is 6.38. The van der Waals surface area contributed by atoms with Crippen LogP contribution in [-0.4, -0.2) is 33.0 Å².